The van der Waals surface area contributed by atoms with Gasteiger partial charge in [-0.1, -0.05) is 0 Å². The lowest BCUT2D eigenvalue weighted by Crippen LogP contribution is -2.41. The van der Waals surface area contributed by atoms with Crippen LogP contribution in [0.5, 0.6) is 0 Å². The summed E-state index contributed by atoms with van der Waals surface area (Å²) in [7, 11) is 0. The molecule has 0 spiro atoms. The van der Waals surface area contributed by atoms with E-state index >= 15 is 0 Å². The van der Waals surface area contributed by atoms with Gasteiger partial charge in [-0.2, -0.15) is 5.10 Å². The van der Waals surface area contributed by atoms with Gasteiger partial charge in [0.25, 0.3) is 11.8 Å². The van der Waals surface area contributed by atoms with E-state index in [2.05, 4.69) is 20.9 Å². The molecule has 7 nitrogen and oxygen atoms in total. The van der Waals surface area contributed by atoms with E-state index in [0.717, 1.165) is 5.39 Å². The van der Waals surface area contributed by atoms with E-state index in [9.17, 15) is 14.0 Å². The molecule has 2 N–H and O–H groups in total. The molecular weight excluding hydrogens is 325 g/mol. The summed E-state index contributed by atoms with van der Waals surface area (Å²) in [6, 6.07) is 6.78. The van der Waals surface area contributed by atoms with Crippen molar-refractivity contribution in [1.29, 1.82) is 0 Å². The number of amides is 2. The first-order valence-corrected chi connectivity index (χ1v) is 7.65. The highest BCUT2D eigenvalue weighted by Crippen LogP contribution is 2.16. The molecule has 0 unspecified atom stereocenters. The Morgan fingerprint density at radius 3 is 2.32 bits per heavy atom. The van der Waals surface area contributed by atoms with Crippen LogP contribution >= 0.6 is 0 Å². The predicted octanol–water partition coefficient (Wildman–Crippen LogP) is 2.23. The van der Waals surface area contributed by atoms with Crippen molar-refractivity contribution in [1.82, 2.24) is 25.6 Å². The number of nitrogens with zero attached hydrogens (tertiary/aromatic N) is 3. The monoisotopic (exact) mass is 341 g/mol. The molecule has 0 aliphatic heterocycles. The van der Waals surface area contributed by atoms with E-state index in [0.29, 0.717) is 5.65 Å². The Hall–Kier alpha value is -3.29. The number of carbonyl (C=O) groups excluding carboxylic acids is 2. The van der Waals surface area contributed by atoms with Crippen LogP contribution in [0.4, 0.5) is 4.39 Å². The van der Waals surface area contributed by atoms with Gasteiger partial charge in [0, 0.05) is 23.2 Å². The fraction of sp³-hybridized carbons (Fsp3) is 0.176. The largest absolute Gasteiger partial charge is 0.271 e. The minimum Gasteiger partial charge on any atom is -0.267 e. The Labute approximate surface area is 142 Å². The second kappa shape index (κ2) is 6.68. The van der Waals surface area contributed by atoms with Gasteiger partial charge in [-0.05, 0) is 44.2 Å². The third-order valence-electron chi connectivity index (χ3n) is 3.58. The van der Waals surface area contributed by atoms with E-state index in [1.807, 2.05) is 13.8 Å². The lowest BCUT2D eigenvalue weighted by Gasteiger charge is -2.08. The first-order valence-electron chi connectivity index (χ1n) is 7.65. The Bertz CT molecular complexity index is 934. The molecule has 0 radical (unpaired) electrons. The SMILES string of the molecule is CC(C)n1ncc2cc(C(=O)NNC(=O)c3ccc(F)cc3)cnc21. The van der Waals surface area contributed by atoms with E-state index in [4.69, 9.17) is 0 Å². The summed E-state index contributed by atoms with van der Waals surface area (Å²) in [5, 5.41) is 4.97. The summed E-state index contributed by atoms with van der Waals surface area (Å²) in [5.41, 5.74) is 5.78. The number of hydrogen-bond donors (Lipinski definition) is 2. The molecule has 0 fully saturated rings. The molecule has 1 aromatic carbocycles. The molecular formula is C17H16FN5O2. The van der Waals surface area contributed by atoms with Gasteiger partial charge in [-0.25, -0.2) is 14.1 Å². The Balaban J connectivity index is 1.69. The molecule has 8 heteroatoms. The number of pyridine rings is 1. The minimum atomic E-state index is -0.546. The van der Waals surface area contributed by atoms with Crippen LogP contribution in [-0.4, -0.2) is 26.6 Å². The van der Waals surface area contributed by atoms with Crippen molar-refractivity contribution in [2.24, 2.45) is 0 Å². The zero-order chi connectivity index (χ0) is 18.0. The van der Waals surface area contributed by atoms with Gasteiger partial charge in [0.15, 0.2) is 5.65 Å². The first-order chi connectivity index (χ1) is 12.0. The van der Waals surface area contributed by atoms with Crippen molar-refractivity contribution in [3.8, 4) is 0 Å². The van der Waals surface area contributed by atoms with Gasteiger partial charge in [-0.15, -0.1) is 0 Å². The summed E-state index contributed by atoms with van der Waals surface area (Å²) in [5.74, 6) is -1.50. The standard InChI is InChI=1S/C17H16FN5O2/c1-10(2)23-15-12(9-20-23)7-13(8-19-15)17(25)22-21-16(24)11-3-5-14(18)6-4-11/h3-10H,1-2H3,(H,21,24)(H,22,25). The van der Waals surface area contributed by atoms with Crippen LogP contribution in [0.2, 0.25) is 0 Å². The number of hydrogen-bond acceptors (Lipinski definition) is 4. The summed E-state index contributed by atoms with van der Waals surface area (Å²) < 4.78 is 14.6. The van der Waals surface area contributed by atoms with Gasteiger partial charge < -0.3 is 0 Å². The Morgan fingerprint density at radius 1 is 1.04 bits per heavy atom. The maximum atomic E-state index is 12.8. The van der Waals surface area contributed by atoms with E-state index in [-0.39, 0.29) is 17.2 Å². The van der Waals surface area contributed by atoms with Crippen LogP contribution in [0.3, 0.4) is 0 Å². The highest BCUT2D eigenvalue weighted by atomic mass is 19.1. The van der Waals surface area contributed by atoms with Crippen molar-refractivity contribution in [3.05, 3.63) is 59.7 Å². The molecule has 0 bridgehead atoms. The first kappa shape index (κ1) is 16.6. The number of benzene rings is 1. The topological polar surface area (TPSA) is 88.9 Å². The van der Waals surface area contributed by atoms with Crippen LogP contribution in [0, 0.1) is 5.82 Å². The molecule has 0 aliphatic carbocycles. The average Bonchev–Trinajstić information content (AvgIpc) is 3.03. The summed E-state index contributed by atoms with van der Waals surface area (Å²) in [6.45, 7) is 3.97. The maximum absolute atomic E-state index is 12.8. The quantitative estimate of drug-likeness (QED) is 0.715. The third kappa shape index (κ3) is 3.47. The van der Waals surface area contributed by atoms with E-state index < -0.39 is 17.6 Å². The van der Waals surface area contributed by atoms with Crippen LogP contribution in [0.15, 0.2) is 42.7 Å². The molecule has 0 atom stereocenters. The van der Waals surface area contributed by atoms with Crippen LogP contribution in [0.1, 0.15) is 40.6 Å². The van der Waals surface area contributed by atoms with Gasteiger partial charge in [0.2, 0.25) is 0 Å². The van der Waals surface area contributed by atoms with Gasteiger partial charge in [0.1, 0.15) is 5.82 Å². The number of hydrazine groups is 1. The number of halogens is 1. The van der Waals surface area contributed by atoms with Crippen LogP contribution < -0.4 is 10.9 Å². The third-order valence-corrected chi connectivity index (χ3v) is 3.58. The zero-order valence-electron chi connectivity index (χ0n) is 13.7. The number of fused-ring (bicyclic) bond motifs is 1. The van der Waals surface area contributed by atoms with Crippen molar-refractivity contribution < 1.29 is 14.0 Å². The maximum Gasteiger partial charge on any atom is 0.271 e. The van der Waals surface area contributed by atoms with Crippen molar-refractivity contribution in [3.63, 3.8) is 0 Å². The molecule has 2 amide bonds. The molecule has 2 aromatic heterocycles. The minimum absolute atomic E-state index is 0.152. The summed E-state index contributed by atoms with van der Waals surface area (Å²) in [4.78, 5) is 28.3. The Morgan fingerprint density at radius 2 is 1.68 bits per heavy atom. The second-order valence-electron chi connectivity index (χ2n) is 5.73. The molecule has 0 saturated heterocycles. The predicted molar refractivity (Wildman–Crippen MR) is 89.2 cm³/mol. The van der Waals surface area contributed by atoms with Crippen molar-refractivity contribution in [2.75, 3.05) is 0 Å². The fourth-order valence-electron chi connectivity index (χ4n) is 2.30. The number of aromatic nitrogens is 3. The summed E-state index contributed by atoms with van der Waals surface area (Å²) in [6.07, 6.45) is 3.05. The average molecular weight is 341 g/mol. The molecule has 25 heavy (non-hydrogen) atoms. The van der Waals surface area contributed by atoms with E-state index in [1.54, 1.807) is 16.9 Å². The van der Waals surface area contributed by atoms with Gasteiger partial charge in [0.05, 0.1) is 11.8 Å². The van der Waals surface area contributed by atoms with Crippen molar-refractivity contribution in [2.45, 2.75) is 19.9 Å². The van der Waals surface area contributed by atoms with Crippen LogP contribution in [-0.2, 0) is 0 Å². The van der Waals surface area contributed by atoms with Crippen LogP contribution in [0.25, 0.3) is 11.0 Å². The highest BCUT2D eigenvalue weighted by molar-refractivity contribution is 6.00. The summed E-state index contributed by atoms with van der Waals surface area (Å²) >= 11 is 0. The highest BCUT2D eigenvalue weighted by Gasteiger charge is 2.13. The van der Waals surface area contributed by atoms with E-state index in [1.165, 1.54) is 30.5 Å². The number of rotatable bonds is 3. The number of carbonyl (C=O) groups is 2. The molecule has 2 heterocycles. The molecule has 0 aliphatic rings. The van der Waals surface area contributed by atoms with Crippen molar-refractivity contribution >= 4 is 22.8 Å². The zero-order valence-corrected chi connectivity index (χ0v) is 13.7. The number of nitrogens with one attached hydrogen (secondary N) is 2. The lowest BCUT2D eigenvalue weighted by molar-refractivity contribution is 0.0846. The molecule has 128 valence electrons. The molecule has 3 aromatic rings. The normalized spacial score (nSPS) is 10.9. The van der Waals surface area contributed by atoms with Gasteiger partial charge >= 0.3 is 0 Å². The van der Waals surface area contributed by atoms with Gasteiger partial charge in [-0.3, -0.25) is 20.4 Å². The second-order valence-corrected chi connectivity index (χ2v) is 5.73. The molecule has 0 saturated carbocycles. The fourth-order valence-corrected chi connectivity index (χ4v) is 2.30. The smallest absolute Gasteiger partial charge is 0.267 e. The lowest BCUT2D eigenvalue weighted by atomic mass is 10.2. The molecule has 3 rings (SSSR count). The Kier molecular flexibility index (Phi) is 4.42.